The van der Waals surface area contributed by atoms with Crippen molar-refractivity contribution in [3.63, 3.8) is 0 Å². The number of hydrogen-bond donors (Lipinski definition) is 1. The molecule has 3 aromatic rings. The number of amides is 1. The number of carbonyl (C=O) groups excluding carboxylic acids is 1. The van der Waals surface area contributed by atoms with E-state index < -0.39 is 0 Å². The van der Waals surface area contributed by atoms with E-state index in [0.29, 0.717) is 18.7 Å². The second kappa shape index (κ2) is 7.92. The average molecular weight is 379 g/mol. The first-order chi connectivity index (χ1) is 13.6. The highest BCUT2D eigenvalue weighted by molar-refractivity contribution is 5.93. The smallest absolute Gasteiger partial charge is 0.273 e. The first kappa shape index (κ1) is 18.3. The van der Waals surface area contributed by atoms with E-state index in [2.05, 4.69) is 30.4 Å². The Morgan fingerprint density at radius 2 is 2.04 bits per heavy atom. The Kier molecular flexibility index (Phi) is 5.18. The van der Waals surface area contributed by atoms with Crippen molar-refractivity contribution in [2.45, 2.75) is 52.5 Å². The van der Waals surface area contributed by atoms with Crippen molar-refractivity contribution >= 4 is 5.91 Å². The van der Waals surface area contributed by atoms with Crippen LogP contribution >= 0.6 is 0 Å². The molecule has 0 spiro atoms. The Balaban J connectivity index is 1.40. The molecule has 1 aliphatic heterocycles. The molecule has 1 N–H and O–H groups in total. The van der Waals surface area contributed by atoms with Gasteiger partial charge in [0.05, 0.1) is 11.4 Å². The summed E-state index contributed by atoms with van der Waals surface area (Å²) in [5.41, 5.74) is 3.10. The molecule has 0 radical (unpaired) electrons. The molecule has 8 heteroatoms. The summed E-state index contributed by atoms with van der Waals surface area (Å²) in [6, 6.07) is 7.95. The molecule has 0 saturated carbocycles. The van der Waals surface area contributed by atoms with Gasteiger partial charge >= 0.3 is 0 Å². The zero-order chi connectivity index (χ0) is 19.5. The summed E-state index contributed by atoms with van der Waals surface area (Å²) >= 11 is 0. The van der Waals surface area contributed by atoms with Gasteiger partial charge in [-0.05, 0) is 44.4 Å². The topological polar surface area (TPSA) is 90.5 Å². The van der Waals surface area contributed by atoms with Crippen LogP contribution in [-0.4, -0.2) is 42.2 Å². The number of nitrogens with zero attached hydrogens (tertiary/aromatic N) is 6. The molecule has 3 heterocycles. The van der Waals surface area contributed by atoms with E-state index in [9.17, 15) is 4.79 Å². The largest absolute Gasteiger partial charge is 0.350 e. The van der Waals surface area contributed by atoms with E-state index in [1.807, 2.05) is 38.1 Å². The quantitative estimate of drug-likeness (QED) is 0.734. The summed E-state index contributed by atoms with van der Waals surface area (Å²) in [5.74, 6) is 1.79. The van der Waals surface area contributed by atoms with E-state index in [-0.39, 0.29) is 5.91 Å². The van der Waals surface area contributed by atoms with Crippen LogP contribution in [0.4, 0.5) is 0 Å². The Morgan fingerprint density at radius 3 is 2.89 bits per heavy atom. The molecule has 0 bridgehead atoms. The minimum Gasteiger partial charge on any atom is -0.350 e. The third kappa shape index (κ3) is 3.67. The molecule has 0 atom stereocenters. The highest BCUT2D eigenvalue weighted by atomic mass is 16.2. The molecule has 8 nitrogen and oxygen atoms in total. The Labute approximate surface area is 164 Å². The van der Waals surface area contributed by atoms with Gasteiger partial charge in [0, 0.05) is 25.9 Å². The second-order valence-corrected chi connectivity index (χ2v) is 7.27. The van der Waals surface area contributed by atoms with Crippen LogP contribution in [0.1, 0.15) is 52.7 Å². The zero-order valence-corrected chi connectivity index (χ0v) is 16.4. The lowest BCUT2D eigenvalue weighted by atomic mass is 10.2. The molecular formula is C20H25N7O. The second-order valence-electron chi connectivity index (χ2n) is 7.27. The fourth-order valence-electron chi connectivity index (χ4n) is 3.65. The Morgan fingerprint density at radius 1 is 1.14 bits per heavy atom. The van der Waals surface area contributed by atoms with Gasteiger partial charge in [0.2, 0.25) is 0 Å². The SMILES string of the molecule is Cc1cccc(-n2nnc(C(=O)NCCc3nnc4n3CCCCC4)c2C)c1. The first-order valence-corrected chi connectivity index (χ1v) is 9.82. The number of fused-ring (bicyclic) bond motifs is 1. The molecule has 1 aromatic carbocycles. The third-order valence-corrected chi connectivity index (χ3v) is 5.18. The zero-order valence-electron chi connectivity index (χ0n) is 16.4. The third-order valence-electron chi connectivity index (χ3n) is 5.18. The molecule has 28 heavy (non-hydrogen) atoms. The van der Waals surface area contributed by atoms with Crippen molar-refractivity contribution in [1.29, 1.82) is 0 Å². The lowest BCUT2D eigenvalue weighted by Gasteiger charge is -2.08. The number of nitrogens with one attached hydrogen (secondary N) is 1. The number of aryl methyl sites for hydroxylation is 2. The average Bonchev–Trinajstić information content (AvgIpc) is 3.16. The fourth-order valence-corrected chi connectivity index (χ4v) is 3.65. The Bertz CT molecular complexity index is 988. The van der Waals surface area contributed by atoms with Gasteiger partial charge in [0.15, 0.2) is 5.69 Å². The van der Waals surface area contributed by atoms with Crippen LogP contribution in [-0.2, 0) is 19.4 Å². The fraction of sp³-hybridized carbons (Fsp3) is 0.450. The molecule has 0 unspecified atom stereocenters. The van der Waals surface area contributed by atoms with Crippen molar-refractivity contribution in [1.82, 2.24) is 35.1 Å². The lowest BCUT2D eigenvalue weighted by Crippen LogP contribution is -2.27. The maximum atomic E-state index is 12.6. The highest BCUT2D eigenvalue weighted by Gasteiger charge is 2.18. The van der Waals surface area contributed by atoms with Crippen LogP contribution in [0.15, 0.2) is 24.3 Å². The van der Waals surface area contributed by atoms with Crippen LogP contribution in [0.2, 0.25) is 0 Å². The molecule has 146 valence electrons. The van der Waals surface area contributed by atoms with Crippen molar-refractivity contribution in [2.75, 3.05) is 6.54 Å². The minimum atomic E-state index is -0.216. The molecule has 0 saturated heterocycles. The summed E-state index contributed by atoms with van der Waals surface area (Å²) in [4.78, 5) is 12.6. The maximum absolute atomic E-state index is 12.6. The van der Waals surface area contributed by atoms with Gasteiger partial charge in [-0.15, -0.1) is 15.3 Å². The van der Waals surface area contributed by atoms with Crippen LogP contribution < -0.4 is 5.32 Å². The van der Waals surface area contributed by atoms with Gasteiger partial charge in [-0.3, -0.25) is 4.79 Å². The highest BCUT2D eigenvalue weighted by Crippen LogP contribution is 2.15. The summed E-state index contributed by atoms with van der Waals surface area (Å²) in [5, 5.41) is 19.8. The van der Waals surface area contributed by atoms with E-state index in [4.69, 9.17) is 0 Å². The van der Waals surface area contributed by atoms with E-state index in [1.54, 1.807) is 4.68 Å². The van der Waals surface area contributed by atoms with Crippen LogP contribution in [0, 0.1) is 13.8 Å². The normalized spacial score (nSPS) is 13.8. The van der Waals surface area contributed by atoms with Crippen LogP contribution in [0.3, 0.4) is 0 Å². The first-order valence-electron chi connectivity index (χ1n) is 9.82. The number of rotatable bonds is 5. The predicted octanol–water partition coefficient (Wildman–Crippen LogP) is 2.17. The summed E-state index contributed by atoms with van der Waals surface area (Å²) in [7, 11) is 0. The van der Waals surface area contributed by atoms with Crippen molar-refractivity contribution in [2.24, 2.45) is 0 Å². The maximum Gasteiger partial charge on any atom is 0.273 e. The molecule has 0 fully saturated rings. The van der Waals surface area contributed by atoms with Gasteiger partial charge in [0.25, 0.3) is 5.91 Å². The van der Waals surface area contributed by atoms with Crippen molar-refractivity contribution < 1.29 is 4.79 Å². The monoisotopic (exact) mass is 379 g/mol. The van der Waals surface area contributed by atoms with Crippen molar-refractivity contribution in [3.05, 3.63) is 52.9 Å². The molecule has 4 rings (SSSR count). The van der Waals surface area contributed by atoms with Crippen LogP contribution in [0.25, 0.3) is 5.69 Å². The standard InChI is InChI=1S/C20H25N7O/c1-14-7-6-8-16(13-14)27-15(2)19(24-25-27)20(28)21-11-10-18-23-22-17-9-4-3-5-12-26(17)18/h6-8,13H,3-5,9-12H2,1-2H3,(H,21,28). The van der Waals surface area contributed by atoms with E-state index in [0.717, 1.165) is 48.0 Å². The Hall–Kier alpha value is -3.03. The number of aromatic nitrogens is 6. The number of hydrogen-bond acceptors (Lipinski definition) is 5. The van der Waals surface area contributed by atoms with E-state index >= 15 is 0 Å². The molecular weight excluding hydrogens is 354 g/mol. The van der Waals surface area contributed by atoms with Gasteiger partial charge in [-0.25, -0.2) is 4.68 Å². The van der Waals surface area contributed by atoms with Gasteiger partial charge < -0.3 is 9.88 Å². The molecule has 2 aromatic heterocycles. The van der Waals surface area contributed by atoms with Gasteiger partial charge in [0.1, 0.15) is 11.6 Å². The van der Waals surface area contributed by atoms with Gasteiger partial charge in [-0.1, -0.05) is 23.8 Å². The van der Waals surface area contributed by atoms with Crippen LogP contribution in [0.5, 0.6) is 0 Å². The molecule has 1 amide bonds. The minimum absolute atomic E-state index is 0.216. The lowest BCUT2D eigenvalue weighted by molar-refractivity contribution is 0.0948. The van der Waals surface area contributed by atoms with Crippen molar-refractivity contribution in [3.8, 4) is 5.69 Å². The van der Waals surface area contributed by atoms with E-state index in [1.165, 1.54) is 12.8 Å². The number of benzene rings is 1. The molecule has 0 aliphatic carbocycles. The number of carbonyl (C=O) groups is 1. The summed E-state index contributed by atoms with van der Waals surface area (Å²) in [6.45, 7) is 5.34. The predicted molar refractivity (Wildman–Crippen MR) is 104 cm³/mol. The summed E-state index contributed by atoms with van der Waals surface area (Å²) < 4.78 is 3.90. The van der Waals surface area contributed by atoms with Gasteiger partial charge in [-0.2, -0.15) is 0 Å². The summed E-state index contributed by atoms with van der Waals surface area (Å²) in [6.07, 6.45) is 5.20. The molecule has 1 aliphatic rings.